The molecule has 0 radical (unpaired) electrons. The molecule has 0 unspecified atom stereocenters. The Morgan fingerprint density at radius 1 is 1.46 bits per heavy atom. The van der Waals surface area contributed by atoms with Gasteiger partial charge in [-0.3, -0.25) is 4.79 Å². The van der Waals surface area contributed by atoms with E-state index in [1.165, 1.54) is 0 Å². The number of rotatable bonds is 4. The van der Waals surface area contributed by atoms with E-state index in [2.05, 4.69) is 0 Å². The summed E-state index contributed by atoms with van der Waals surface area (Å²) in [5, 5.41) is 0. The van der Waals surface area contributed by atoms with E-state index in [0.717, 1.165) is 0 Å². The number of carbonyl (C=O) groups is 1. The zero-order valence-electron chi connectivity index (χ0n) is 7.62. The van der Waals surface area contributed by atoms with Crippen LogP contribution in [-0.4, -0.2) is 19.0 Å². The van der Waals surface area contributed by atoms with E-state index in [9.17, 15) is 4.79 Å². The van der Waals surface area contributed by atoms with Gasteiger partial charge in [0.05, 0.1) is 0 Å². The molecule has 0 amide bonds. The number of Topliss-reactive ketones (excluding diaryl/α,β-unsaturated/α-hetero) is 1. The predicted octanol–water partition coefficient (Wildman–Crippen LogP) is 1.49. The first-order valence-electron chi connectivity index (χ1n) is 4.21. The van der Waals surface area contributed by atoms with E-state index in [-0.39, 0.29) is 12.4 Å². The molecular weight excluding hydrogens is 166 g/mol. The van der Waals surface area contributed by atoms with Gasteiger partial charge in [0.25, 0.3) is 0 Å². The first-order valence-corrected chi connectivity index (χ1v) is 4.21. The highest BCUT2D eigenvalue weighted by Gasteiger charge is 2.07. The summed E-state index contributed by atoms with van der Waals surface area (Å²) >= 11 is 0. The predicted molar refractivity (Wildman–Crippen MR) is 51.7 cm³/mol. The van der Waals surface area contributed by atoms with Gasteiger partial charge in [0.1, 0.15) is 6.61 Å². The molecule has 0 saturated carbocycles. The van der Waals surface area contributed by atoms with Gasteiger partial charge in [0.2, 0.25) is 0 Å². The molecule has 2 N–H and O–H groups in total. The second-order valence-corrected chi connectivity index (χ2v) is 2.65. The van der Waals surface area contributed by atoms with Crippen molar-refractivity contribution in [1.29, 1.82) is 0 Å². The summed E-state index contributed by atoms with van der Waals surface area (Å²) in [5.41, 5.74) is 6.66. The second-order valence-electron chi connectivity index (χ2n) is 2.65. The maximum Gasteiger partial charge on any atom is 0.190 e. The van der Waals surface area contributed by atoms with Crippen molar-refractivity contribution in [1.82, 2.24) is 0 Å². The van der Waals surface area contributed by atoms with Crippen molar-refractivity contribution in [2.45, 2.75) is 6.92 Å². The lowest BCUT2D eigenvalue weighted by Crippen LogP contribution is -2.10. The minimum absolute atomic E-state index is 0.0695. The van der Waals surface area contributed by atoms with Crippen molar-refractivity contribution in [3.05, 3.63) is 29.8 Å². The van der Waals surface area contributed by atoms with Gasteiger partial charge in [-0.1, -0.05) is 12.1 Å². The van der Waals surface area contributed by atoms with Crippen molar-refractivity contribution in [2.75, 3.05) is 18.9 Å². The molecule has 0 heterocycles. The van der Waals surface area contributed by atoms with E-state index in [4.69, 9.17) is 10.5 Å². The standard InChI is InChI=1S/C10H13NO2/c1-2-13-7-10(12)8-5-3-4-6-9(8)11/h3-6H,2,7,11H2,1H3. The average molecular weight is 179 g/mol. The smallest absolute Gasteiger partial charge is 0.190 e. The molecule has 13 heavy (non-hydrogen) atoms. The van der Waals surface area contributed by atoms with Gasteiger partial charge in [0.15, 0.2) is 5.78 Å². The molecule has 0 aliphatic heterocycles. The third-order valence-corrected chi connectivity index (χ3v) is 1.70. The molecule has 0 fully saturated rings. The van der Waals surface area contributed by atoms with Crippen LogP contribution >= 0.6 is 0 Å². The summed E-state index contributed by atoms with van der Waals surface area (Å²) in [6, 6.07) is 7.00. The quantitative estimate of drug-likeness (QED) is 0.562. The van der Waals surface area contributed by atoms with Gasteiger partial charge >= 0.3 is 0 Å². The van der Waals surface area contributed by atoms with Crippen molar-refractivity contribution < 1.29 is 9.53 Å². The SMILES string of the molecule is CCOCC(=O)c1ccccc1N. The molecule has 1 aromatic rings. The highest BCUT2D eigenvalue weighted by atomic mass is 16.5. The normalized spacial score (nSPS) is 9.92. The minimum Gasteiger partial charge on any atom is -0.398 e. The number of carbonyl (C=O) groups excluding carboxylic acids is 1. The van der Waals surface area contributed by atoms with Crippen LogP contribution in [0.1, 0.15) is 17.3 Å². The summed E-state index contributed by atoms with van der Waals surface area (Å²) < 4.78 is 5.00. The van der Waals surface area contributed by atoms with Crippen molar-refractivity contribution in [3.8, 4) is 0 Å². The number of hydrogen-bond acceptors (Lipinski definition) is 3. The van der Waals surface area contributed by atoms with Crippen LogP contribution in [0.4, 0.5) is 5.69 Å². The van der Waals surface area contributed by atoms with E-state index in [1.54, 1.807) is 24.3 Å². The Hall–Kier alpha value is -1.35. The zero-order chi connectivity index (χ0) is 9.68. The highest BCUT2D eigenvalue weighted by Crippen LogP contribution is 2.10. The van der Waals surface area contributed by atoms with E-state index < -0.39 is 0 Å². The Kier molecular flexibility index (Phi) is 3.46. The fourth-order valence-corrected chi connectivity index (χ4v) is 1.02. The summed E-state index contributed by atoms with van der Waals surface area (Å²) in [6.07, 6.45) is 0. The topological polar surface area (TPSA) is 52.3 Å². The Morgan fingerprint density at radius 3 is 2.77 bits per heavy atom. The number of benzene rings is 1. The van der Waals surface area contributed by atoms with Gasteiger partial charge < -0.3 is 10.5 Å². The van der Waals surface area contributed by atoms with Gasteiger partial charge in [-0.25, -0.2) is 0 Å². The fourth-order valence-electron chi connectivity index (χ4n) is 1.02. The van der Waals surface area contributed by atoms with Crippen LogP contribution in [0.5, 0.6) is 0 Å². The molecule has 0 spiro atoms. The number of hydrogen-bond donors (Lipinski definition) is 1. The number of nitrogen functional groups attached to an aromatic ring is 1. The second kappa shape index (κ2) is 4.62. The molecule has 70 valence electrons. The maximum absolute atomic E-state index is 11.4. The highest BCUT2D eigenvalue weighted by molar-refractivity contribution is 6.01. The summed E-state index contributed by atoms with van der Waals surface area (Å²) in [5.74, 6) is -0.0695. The van der Waals surface area contributed by atoms with Crippen LogP contribution in [0.15, 0.2) is 24.3 Å². The molecule has 1 rings (SSSR count). The zero-order valence-corrected chi connectivity index (χ0v) is 7.62. The van der Waals surface area contributed by atoms with E-state index in [1.807, 2.05) is 6.92 Å². The van der Waals surface area contributed by atoms with Gasteiger partial charge in [-0.05, 0) is 19.1 Å². The molecule has 0 saturated heterocycles. The molecule has 3 nitrogen and oxygen atoms in total. The molecule has 0 atom stereocenters. The molecular formula is C10H13NO2. The third-order valence-electron chi connectivity index (χ3n) is 1.70. The number of nitrogens with two attached hydrogens (primary N) is 1. The minimum atomic E-state index is -0.0695. The van der Waals surface area contributed by atoms with Crippen LogP contribution < -0.4 is 5.73 Å². The van der Waals surface area contributed by atoms with Gasteiger partial charge in [0, 0.05) is 17.9 Å². The molecule has 3 heteroatoms. The Balaban J connectivity index is 2.71. The van der Waals surface area contributed by atoms with Crippen LogP contribution in [0, 0.1) is 0 Å². The van der Waals surface area contributed by atoms with Gasteiger partial charge in [-0.2, -0.15) is 0 Å². The van der Waals surface area contributed by atoms with Gasteiger partial charge in [-0.15, -0.1) is 0 Å². The number of ketones is 1. The summed E-state index contributed by atoms with van der Waals surface area (Å²) in [4.78, 5) is 11.4. The number of para-hydroxylation sites is 1. The van der Waals surface area contributed by atoms with Crippen molar-refractivity contribution in [3.63, 3.8) is 0 Å². The third kappa shape index (κ3) is 2.56. The lowest BCUT2D eigenvalue weighted by Gasteiger charge is -2.03. The van der Waals surface area contributed by atoms with Crippen molar-refractivity contribution >= 4 is 11.5 Å². The molecule has 0 bridgehead atoms. The first kappa shape index (κ1) is 9.74. The van der Waals surface area contributed by atoms with Crippen LogP contribution in [0.2, 0.25) is 0 Å². The maximum atomic E-state index is 11.4. The van der Waals surface area contributed by atoms with Crippen LogP contribution in [0.3, 0.4) is 0 Å². The van der Waals surface area contributed by atoms with Crippen LogP contribution in [-0.2, 0) is 4.74 Å². The fraction of sp³-hybridized carbons (Fsp3) is 0.300. The Bertz CT molecular complexity index is 297. The lowest BCUT2D eigenvalue weighted by atomic mass is 10.1. The van der Waals surface area contributed by atoms with E-state index in [0.29, 0.717) is 17.9 Å². The molecule has 0 aromatic heterocycles. The summed E-state index contributed by atoms with van der Waals surface area (Å²) in [6.45, 7) is 2.49. The van der Waals surface area contributed by atoms with Crippen LogP contribution in [0.25, 0.3) is 0 Å². The average Bonchev–Trinajstić information content (AvgIpc) is 2.15. The number of anilines is 1. The summed E-state index contributed by atoms with van der Waals surface area (Å²) in [7, 11) is 0. The lowest BCUT2D eigenvalue weighted by molar-refractivity contribution is 0.0784. The number of ether oxygens (including phenoxy) is 1. The monoisotopic (exact) mass is 179 g/mol. The Labute approximate surface area is 77.5 Å². The van der Waals surface area contributed by atoms with E-state index >= 15 is 0 Å². The largest absolute Gasteiger partial charge is 0.398 e. The van der Waals surface area contributed by atoms with Crippen molar-refractivity contribution in [2.24, 2.45) is 0 Å². The molecule has 1 aromatic carbocycles. The first-order chi connectivity index (χ1) is 6.25. The Morgan fingerprint density at radius 2 is 2.15 bits per heavy atom. The molecule has 0 aliphatic rings. The molecule has 0 aliphatic carbocycles.